The van der Waals surface area contributed by atoms with Gasteiger partial charge in [0.15, 0.2) is 0 Å². The van der Waals surface area contributed by atoms with Gasteiger partial charge in [-0.15, -0.1) is 0 Å². The van der Waals surface area contributed by atoms with Gasteiger partial charge < -0.3 is 10.2 Å². The molecule has 1 N–H and O–H groups in total. The second-order valence-corrected chi connectivity index (χ2v) is 8.47. The number of hydrogen-bond acceptors (Lipinski definition) is 2. The smallest absolute Gasteiger partial charge is 0.253 e. The van der Waals surface area contributed by atoms with Gasteiger partial charge in [0.05, 0.1) is 10.7 Å². The van der Waals surface area contributed by atoms with Crippen molar-refractivity contribution < 1.29 is 9.59 Å². The summed E-state index contributed by atoms with van der Waals surface area (Å²) >= 11 is 12.0. The molecule has 1 fully saturated rings. The number of halogens is 2. The van der Waals surface area contributed by atoms with E-state index in [9.17, 15) is 9.59 Å². The maximum absolute atomic E-state index is 12.9. The van der Waals surface area contributed by atoms with Crippen LogP contribution in [0.4, 0.5) is 5.69 Å². The van der Waals surface area contributed by atoms with E-state index >= 15 is 0 Å². The summed E-state index contributed by atoms with van der Waals surface area (Å²) in [6.07, 6.45) is 1.23. The molecule has 6 heteroatoms. The molecular weight excluding hydrogens is 431 g/mol. The fourth-order valence-electron chi connectivity index (χ4n) is 3.79. The van der Waals surface area contributed by atoms with Crippen molar-refractivity contribution in [1.82, 2.24) is 4.90 Å². The van der Waals surface area contributed by atoms with Crippen molar-refractivity contribution >= 4 is 40.7 Å². The van der Waals surface area contributed by atoms with E-state index in [1.54, 1.807) is 18.2 Å². The number of amides is 2. The fraction of sp³-hybridized carbons (Fsp3) is 0.200. The van der Waals surface area contributed by atoms with E-state index in [1.165, 1.54) is 0 Å². The molecule has 158 valence electrons. The van der Waals surface area contributed by atoms with Crippen molar-refractivity contribution in [2.75, 3.05) is 18.4 Å². The van der Waals surface area contributed by atoms with Crippen molar-refractivity contribution in [3.05, 3.63) is 88.4 Å². The van der Waals surface area contributed by atoms with Crippen LogP contribution in [0, 0.1) is 5.92 Å². The van der Waals surface area contributed by atoms with E-state index in [0.29, 0.717) is 47.2 Å². The van der Waals surface area contributed by atoms with Crippen LogP contribution in [-0.2, 0) is 4.79 Å². The highest BCUT2D eigenvalue weighted by atomic mass is 35.5. The Labute approximate surface area is 191 Å². The molecule has 1 aliphatic rings. The quantitative estimate of drug-likeness (QED) is 0.515. The lowest BCUT2D eigenvalue weighted by Gasteiger charge is -2.31. The largest absolute Gasteiger partial charge is 0.339 e. The lowest BCUT2D eigenvalue weighted by molar-refractivity contribution is -0.121. The standard InChI is InChI=1S/C25H22Cl2N2O2/c26-21-10-11-23(22(27)16-21)28-24(30)19-12-14-29(15-13-19)25(31)20-8-6-18(7-9-20)17-4-2-1-3-5-17/h1-11,16,19H,12-15H2,(H,28,30). The summed E-state index contributed by atoms with van der Waals surface area (Å²) in [5, 5.41) is 3.80. The molecule has 0 aliphatic carbocycles. The van der Waals surface area contributed by atoms with Gasteiger partial charge in [-0.05, 0) is 54.3 Å². The monoisotopic (exact) mass is 452 g/mol. The van der Waals surface area contributed by atoms with Crippen LogP contribution in [-0.4, -0.2) is 29.8 Å². The van der Waals surface area contributed by atoms with Gasteiger partial charge in [-0.3, -0.25) is 9.59 Å². The lowest BCUT2D eigenvalue weighted by Crippen LogP contribution is -2.41. The molecule has 31 heavy (non-hydrogen) atoms. The maximum atomic E-state index is 12.9. The molecule has 0 spiro atoms. The molecule has 0 radical (unpaired) electrons. The zero-order chi connectivity index (χ0) is 21.8. The first kappa shape index (κ1) is 21.4. The highest BCUT2D eigenvalue weighted by Gasteiger charge is 2.28. The molecule has 4 nitrogen and oxygen atoms in total. The number of carbonyl (C=O) groups excluding carboxylic acids is 2. The van der Waals surface area contributed by atoms with Gasteiger partial charge >= 0.3 is 0 Å². The molecule has 0 saturated carbocycles. The Morgan fingerprint density at radius 1 is 0.839 bits per heavy atom. The first-order valence-corrected chi connectivity index (χ1v) is 11.0. The van der Waals surface area contributed by atoms with Crippen LogP contribution in [0.5, 0.6) is 0 Å². The van der Waals surface area contributed by atoms with Gasteiger partial charge in [-0.25, -0.2) is 0 Å². The van der Waals surface area contributed by atoms with Crippen LogP contribution in [0.3, 0.4) is 0 Å². The van der Waals surface area contributed by atoms with Gasteiger partial charge in [0, 0.05) is 29.6 Å². The Hall–Kier alpha value is -2.82. The van der Waals surface area contributed by atoms with E-state index in [4.69, 9.17) is 23.2 Å². The van der Waals surface area contributed by atoms with Crippen LogP contribution < -0.4 is 5.32 Å². The van der Waals surface area contributed by atoms with Crippen LogP contribution in [0.25, 0.3) is 11.1 Å². The van der Waals surface area contributed by atoms with Crippen molar-refractivity contribution in [2.24, 2.45) is 5.92 Å². The minimum atomic E-state index is -0.156. The van der Waals surface area contributed by atoms with Crippen LogP contribution >= 0.6 is 23.2 Å². The van der Waals surface area contributed by atoms with Crippen molar-refractivity contribution in [3.63, 3.8) is 0 Å². The minimum Gasteiger partial charge on any atom is -0.339 e. The topological polar surface area (TPSA) is 49.4 Å². The molecule has 1 saturated heterocycles. The number of nitrogens with zero attached hydrogens (tertiary/aromatic N) is 1. The van der Waals surface area contributed by atoms with Crippen molar-refractivity contribution in [3.8, 4) is 11.1 Å². The minimum absolute atomic E-state index is 0.000726. The summed E-state index contributed by atoms with van der Waals surface area (Å²) < 4.78 is 0. The van der Waals surface area contributed by atoms with E-state index in [2.05, 4.69) is 5.32 Å². The SMILES string of the molecule is O=C(Nc1ccc(Cl)cc1Cl)C1CCN(C(=O)c2ccc(-c3ccccc3)cc2)CC1. The van der Waals surface area contributed by atoms with Crippen molar-refractivity contribution in [1.29, 1.82) is 0 Å². The van der Waals surface area contributed by atoms with E-state index in [0.717, 1.165) is 11.1 Å². The Balaban J connectivity index is 1.34. The predicted octanol–water partition coefficient (Wildman–Crippen LogP) is 6.15. The summed E-state index contributed by atoms with van der Waals surface area (Å²) in [4.78, 5) is 27.3. The highest BCUT2D eigenvalue weighted by Crippen LogP contribution is 2.28. The third-order valence-corrected chi connectivity index (χ3v) is 6.13. The summed E-state index contributed by atoms with van der Waals surface area (Å²) in [5.74, 6) is -0.237. The first-order chi connectivity index (χ1) is 15.0. The van der Waals surface area contributed by atoms with E-state index in [-0.39, 0.29) is 17.7 Å². The second-order valence-electron chi connectivity index (χ2n) is 7.62. The molecule has 3 aromatic carbocycles. The molecule has 0 aromatic heterocycles. The second kappa shape index (κ2) is 9.54. The molecular formula is C25H22Cl2N2O2. The molecule has 2 amide bonds. The Morgan fingerprint density at radius 3 is 2.13 bits per heavy atom. The number of piperidine rings is 1. The molecule has 0 atom stereocenters. The Morgan fingerprint density at radius 2 is 1.48 bits per heavy atom. The molecule has 3 aromatic rings. The van der Waals surface area contributed by atoms with Gasteiger partial charge in [0.1, 0.15) is 0 Å². The highest BCUT2D eigenvalue weighted by molar-refractivity contribution is 6.36. The number of benzene rings is 3. The van der Waals surface area contributed by atoms with Gasteiger partial charge in [-0.2, -0.15) is 0 Å². The van der Waals surface area contributed by atoms with E-state index in [1.807, 2.05) is 59.5 Å². The van der Waals surface area contributed by atoms with Crippen molar-refractivity contribution in [2.45, 2.75) is 12.8 Å². The maximum Gasteiger partial charge on any atom is 0.253 e. The first-order valence-electron chi connectivity index (χ1n) is 10.2. The zero-order valence-electron chi connectivity index (χ0n) is 16.9. The third kappa shape index (κ3) is 5.09. The molecule has 0 bridgehead atoms. The summed E-state index contributed by atoms with van der Waals surface area (Å²) in [6, 6.07) is 22.7. The predicted molar refractivity (Wildman–Crippen MR) is 126 cm³/mol. The fourth-order valence-corrected chi connectivity index (χ4v) is 4.24. The lowest BCUT2D eigenvalue weighted by atomic mass is 9.95. The number of nitrogens with one attached hydrogen (secondary N) is 1. The number of rotatable bonds is 4. The van der Waals surface area contributed by atoms with Gasteiger partial charge in [0.2, 0.25) is 5.91 Å². The number of carbonyl (C=O) groups is 2. The zero-order valence-corrected chi connectivity index (χ0v) is 18.4. The summed E-state index contributed by atoms with van der Waals surface area (Å²) in [5.41, 5.74) is 3.41. The Kier molecular flexibility index (Phi) is 6.59. The average Bonchev–Trinajstić information content (AvgIpc) is 2.81. The van der Waals surface area contributed by atoms with Crippen LogP contribution in [0.15, 0.2) is 72.8 Å². The molecule has 4 rings (SSSR count). The average molecular weight is 453 g/mol. The van der Waals surface area contributed by atoms with Crippen LogP contribution in [0.1, 0.15) is 23.2 Å². The number of anilines is 1. The summed E-state index contributed by atoms with van der Waals surface area (Å²) in [6.45, 7) is 1.09. The number of hydrogen-bond donors (Lipinski definition) is 1. The van der Waals surface area contributed by atoms with Crippen LogP contribution in [0.2, 0.25) is 10.0 Å². The van der Waals surface area contributed by atoms with Gasteiger partial charge in [0.25, 0.3) is 5.91 Å². The molecule has 1 aliphatic heterocycles. The molecule has 0 unspecified atom stereocenters. The summed E-state index contributed by atoms with van der Waals surface area (Å²) in [7, 11) is 0. The third-order valence-electron chi connectivity index (χ3n) is 5.58. The molecule has 1 heterocycles. The Bertz CT molecular complexity index is 1080. The normalized spacial score (nSPS) is 14.3. The number of likely N-dealkylation sites (tertiary alicyclic amines) is 1. The van der Waals surface area contributed by atoms with Gasteiger partial charge in [-0.1, -0.05) is 65.7 Å². The van der Waals surface area contributed by atoms with E-state index < -0.39 is 0 Å².